The molecule has 0 spiro atoms. The Morgan fingerprint density at radius 1 is 1.00 bits per heavy atom. The molecule has 0 aromatic heterocycles. The first-order valence-corrected chi connectivity index (χ1v) is 9.01. The lowest BCUT2D eigenvalue weighted by atomic mass is 10.1. The van der Waals surface area contributed by atoms with Crippen LogP contribution in [0.25, 0.3) is 0 Å². The Labute approximate surface area is 157 Å². The molecule has 1 aliphatic heterocycles. The molecule has 2 aromatic rings. The van der Waals surface area contributed by atoms with Gasteiger partial charge in [-0.25, -0.2) is 0 Å². The Bertz CT molecular complexity index is 752. The quantitative estimate of drug-likeness (QED) is 0.677. The number of carbonyl (C=O) groups excluding carboxylic acids is 1. The number of alkyl halides is 3. The molecule has 3 rings (SSSR count). The van der Waals surface area contributed by atoms with Gasteiger partial charge in [-0.1, -0.05) is 15.9 Å². The molecule has 1 amide bonds. The fourth-order valence-electron chi connectivity index (χ4n) is 2.87. The van der Waals surface area contributed by atoms with Gasteiger partial charge in [-0.05, 0) is 48.5 Å². The van der Waals surface area contributed by atoms with Crippen LogP contribution in [-0.4, -0.2) is 30.0 Å². The predicted octanol–water partition coefficient (Wildman–Crippen LogP) is 5.15. The van der Waals surface area contributed by atoms with Crippen LogP contribution in [0.15, 0.2) is 53.0 Å². The molecular weight excluding hydrogens is 411 g/mol. The number of hydrogen-bond acceptors (Lipinski definition) is 2. The summed E-state index contributed by atoms with van der Waals surface area (Å²) in [6, 6.07) is 11.9. The van der Waals surface area contributed by atoms with Crippen molar-refractivity contribution in [2.24, 2.45) is 0 Å². The molecule has 1 heterocycles. The fraction of sp³-hybridized carbons (Fsp3) is 0.316. The summed E-state index contributed by atoms with van der Waals surface area (Å²) in [4.78, 5) is 14.2. The third-order valence-corrected chi connectivity index (χ3v) is 4.83. The molecule has 0 radical (unpaired) electrons. The van der Waals surface area contributed by atoms with E-state index in [0.29, 0.717) is 37.2 Å². The van der Waals surface area contributed by atoms with Gasteiger partial charge < -0.3 is 9.64 Å². The first-order valence-electron chi connectivity index (χ1n) is 8.22. The van der Waals surface area contributed by atoms with E-state index in [-0.39, 0.29) is 12.0 Å². The van der Waals surface area contributed by atoms with E-state index >= 15 is 0 Å². The Morgan fingerprint density at radius 3 is 2.12 bits per heavy atom. The van der Waals surface area contributed by atoms with Gasteiger partial charge in [0.1, 0.15) is 11.9 Å². The maximum absolute atomic E-state index is 12.6. The number of carbonyl (C=O) groups is 1. The summed E-state index contributed by atoms with van der Waals surface area (Å²) in [5.74, 6) is 0.390. The summed E-state index contributed by atoms with van der Waals surface area (Å²) < 4.78 is 44.4. The van der Waals surface area contributed by atoms with Gasteiger partial charge in [0.05, 0.1) is 5.56 Å². The largest absolute Gasteiger partial charge is 0.490 e. The molecule has 1 saturated heterocycles. The lowest BCUT2D eigenvalue weighted by Crippen LogP contribution is -2.41. The average molecular weight is 428 g/mol. The van der Waals surface area contributed by atoms with Crippen molar-refractivity contribution in [2.75, 3.05) is 13.1 Å². The van der Waals surface area contributed by atoms with E-state index in [9.17, 15) is 18.0 Å². The molecular formula is C19H17BrF3NO2. The lowest BCUT2D eigenvalue weighted by Gasteiger charge is -2.32. The molecule has 3 nitrogen and oxygen atoms in total. The Morgan fingerprint density at radius 2 is 1.58 bits per heavy atom. The zero-order valence-electron chi connectivity index (χ0n) is 13.8. The van der Waals surface area contributed by atoms with Crippen molar-refractivity contribution in [3.63, 3.8) is 0 Å². The molecule has 1 aliphatic rings. The van der Waals surface area contributed by atoms with Crippen LogP contribution in [0, 0.1) is 0 Å². The number of rotatable bonds is 3. The summed E-state index contributed by atoms with van der Waals surface area (Å²) in [5, 5.41) is 0. The van der Waals surface area contributed by atoms with Crippen molar-refractivity contribution in [3.05, 3.63) is 64.1 Å². The van der Waals surface area contributed by atoms with Gasteiger partial charge in [-0.2, -0.15) is 13.2 Å². The fourth-order valence-corrected chi connectivity index (χ4v) is 3.13. The third kappa shape index (κ3) is 4.58. The summed E-state index contributed by atoms with van der Waals surface area (Å²) in [7, 11) is 0. The molecule has 2 aromatic carbocycles. The monoisotopic (exact) mass is 427 g/mol. The first-order chi connectivity index (χ1) is 12.3. The highest BCUT2D eigenvalue weighted by atomic mass is 79.9. The van der Waals surface area contributed by atoms with E-state index in [1.165, 1.54) is 12.1 Å². The van der Waals surface area contributed by atoms with Crippen molar-refractivity contribution < 1.29 is 22.7 Å². The van der Waals surface area contributed by atoms with Crippen LogP contribution < -0.4 is 4.74 Å². The summed E-state index contributed by atoms with van der Waals surface area (Å²) in [6.45, 7) is 1.11. The van der Waals surface area contributed by atoms with Crippen molar-refractivity contribution in [3.8, 4) is 5.75 Å². The molecule has 0 unspecified atom stereocenters. The van der Waals surface area contributed by atoms with E-state index in [1.54, 1.807) is 17.0 Å². The second-order valence-electron chi connectivity index (χ2n) is 6.14. The zero-order chi connectivity index (χ0) is 18.7. The van der Waals surface area contributed by atoms with Crippen LogP contribution in [0.2, 0.25) is 0 Å². The third-order valence-electron chi connectivity index (χ3n) is 4.30. The molecule has 0 aliphatic carbocycles. The molecule has 7 heteroatoms. The predicted molar refractivity (Wildman–Crippen MR) is 95.1 cm³/mol. The molecule has 0 N–H and O–H groups in total. The van der Waals surface area contributed by atoms with Crippen molar-refractivity contribution in [2.45, 2.75) is 25.1 Å². The minimum atomic E-state index is -4.35. The van der Waals surface area contributed by atoms with Crippen molar-refractivity contribution in [1.82, 2.24) is 4.90 Å². The molecule has 1 fully saturated rings. The number of nitrogens with zero attached hydrogens (tertiary/aromatic N) is 1. The molecule has 26 heavy (non-hydrogen) atoms. The first kappa shape index (κ1) is 18.8. The highest BCUT2D eigenvalue weighted by Crippen LogP contribution is 2.31. The SMILES string of the molecule is O=C(c1ccc(Br)cc1)N1CCC(Oc2ccc(C(F)(F)F)cc2)CC1. The topological polar surface area (TPSA) is 29.5 Å². The number of benzene rings is 2. The Hall–Kier alpha value is -2.02. The van der Waals surface area contributed by atoms with Gasteiger partial charge in [0.15, 0.2) is 0 Å². The van der Waals surface area contributed by atoms with E-state index in [4.69, 9.17) is 4.74 Å². The molecule has 0 bridgehead atoms. The summed E-state index contributed by atoms with van der Waals surface area (Å²) >= 11 is 3.34. The van der Waals surface area contributed by atoms with Crippen LogP contribution in [-0.2, 0) is 6.18 Å². The number of halogens is 4. The van der Waals surface area contributed by atoms with E-state index < -0.39 is 11.7 Å². The van der Waals surface area contributed by atoms with Gasteiger partial charge in [-0.15, -0.1) is 0 Å². The summed E-state index contributed by atoms with van der Waals surface area (Å²) in [6.07, 6.45) is -3.18. The van der Waals surface area contributed by atoms with Crippen LogP contribution in [0.4, 0.5) is 13.2 Å². The second kappa shape index (κ2) is 7.70. The van der Waals surface area contributed by atoms with E-state index in [0.717, 1.165) is 16.6 Å². The minimum absolute atomic E-state index is 0.0227. The smallest absolute Gasteiger partial charge is 0.416 e. The van der Waals surface area contributed by atoms with E-state index in [2.05, 4.69) is 15.9 Å². The van der Waals surface area contributed by atoms with Crippen LogP contribution in [0.1, 0.15) is 28.8 Å². The number of hydrogen-bond donors (Lipinski definition) is 0. The Balaban J connectivity index is 1.53. The van der Waals surface area contributed by atoms with Crippen molar-refractivity contribution in [1.29, 1.82) is 0 Å². The molecule has 0 saturated carbocycles. The molecule has 138 valence electrons. The van der Waals surface area contributed by atoms with Crippen LogP contribution >= 0.6 is 15.9 Å². The normalized spacial score (nSPS) is 15.8. The number of amides is 1. The lowest BCUT2D eigenvalue weighted by molar-refractivity contribution is -0.137. The number of ether oxygens (including phenoxy) is 1. The van der Waals surface area contributed by atoms with Crippen LogP contribution in [0.3, 0.4) is 0 Å². The van der Waals surface area contributed by atoms with Gasteiger partial charge in [0.2, 0.25) is 0 Å². The van der Waals surface area contributed by atoms with Crippen LogP contribution in [0.5, 0.6) is 5.75 Å². The number of likely N-dealkylation sites (tertiary alicyclic amines) is 1. The maximum atomic E-state index is 12.6. The van der Waals surface area contributed by atoms with Crippen molar-refractivity contribution >= 4 is 21.8 Å². The minimum Gasteiger partial charge on any atom is -0.490 e. The highest BCUT2D eigenvalue weighted by Gasteiger charge is 2.30. The standard InChI is InChI=1S/C19H17BrF3NO2/c20-15-5-1-13(2-6-15)18(25)24-11-9-17(10-12-24)26-16-7-3-14(4-8-16)19(21,22)23/h1-8,17H,9-12H2. The highest BCUT2D eigenvalue weighted by molar-refractivity contribution is 9.10. The van der Waals surface area contributed by atoms with Gasteiger partial charge in [0, 0.05) is 36.0 Å². The van der Waals surface area contributed by atoms with E-state index in [1.807, 2.05) is 12.1 Å². The van der Waals surface area contributed by atoms with Gasteiger partial charge in [-0.3, -0.25) is 4.79 Å². The van der Waals surface area contributed by atoms with Gasteiger partial charge in [0.25, 0.3) is 5.91 Å². The number of piperidine rings is 1. The molecule has 0 atom stereocenters. The summed E-state index contributed by atoms with van der Waals surface area (Å²) in [5.41, 5.74) is -0.0601. The zero-order valence-corrected chi connectivity index (χ0v) is 15.4. The Kier molecular flexibility index (Phi) is 5.55. The second-order valence-corrected chi connectivity index (χ2v) is 7.05. The van der Waals surface area contributed by atoms with Gasteiger partial charge >= 0.3 is 6.18 Å². The maximum Gasteiger partial charge on any atom is 0.416 e. The average Bonchev–Trinajstić information content (AvgIpc) is 2.62.